The molecule has 3 aromatic rings. The van der Waals surface area contributed by atoms with Crippen LogP contribution in [-0.2, 0) is 16.0 Å². The SMILES string of the molecule is CCN(CCc1ccncc1)C1=C(c2ccc(F)cc2)C(=O)N(c2ccc(C)cc2C)C1=O. The summed E-state index contributed by atoms with van der Waals surface area (Å²) in [6.45, 7) is 6.92. The molecule has 0 spiro atoms. The number of pyridine rings is 1. The average Bonchev–Trinajstić information content (AvgIpc) is 3.06. The van der Waals surface area contributed by atoms with Gasteiger partial charge in [-0.15, -0.1) is 0 Å². The van der Waals surface area contributed by atoms with Crippen molar-refractivity contribution in [1.29, 1.82) is 0 Å². The molecule has 6 heteroatoms. The Hall–Kier alpha value is -3.80. The van der Waals surface area contributed by atoms with E-state index in [9.17, 15) is 14.0 Å². The van der Waals surface area contributed by atoms with Crippen LogP contribution in [0.5, 0.6) is 0 Å². The van der Waals surface area contributed by atoms with Gasteiger partial charge in [-0.2, -0.15) is 0 Å². The standard InChI is InChI=1S/C27H26FN3O2/c1-4-30(16-13-20-11-14-29-15-12-20)25-24(21-6-8-22(28)9-7-21)26(32)31(27(25)33)23-10-5-18(2)17-19(23)3/h5-12,14-15,17H,4,13,16H2,1-3H3. The zero-order valence-corrected chi connectivity index (χ0v) is 19.0. The molecule has 0 saturated heterocycles. The highest BCUT2D eigenvalue weighted by Crippen LogP contribution is 2.36. The number of amides is 2. The summed E-state index contributed by atoms with van der Waals surface area (Å²) in [5.74, 6) is -1.15. The number of aromatic nitrogens is 1. The molecule has 1 aliphatic heterocycles. The van der Waals surface area contributed by atoms with Gasteiger partial charge in [-0.3, -0.25) is 14.6 Å². The van der Waals surface area contributed by atoms with Crippen LogP contribution in [0.2, 0.25) is 0 Å². The summed E-state index contributed by atoms with van der Waals surface area (Å²) in [5, 5.41) is 0. The first-order chi connectivity index (χ1) is 15.9. The van der Waals surface area contributed by atoms with Crippen molar-refractivity contribution < 1.29 is 14.0 Å². The van der Waals surface area contributed by atoms with Crippen molar-refractivity contribution in [2.75, 3.05) is 18.0 Å². The van der Waals surface area contributed by atoms with Crippen LogP contribution in [0.4, 0.5) is 10.1 Å². The second kappa shape index (κ2) is 9.36. The van der Waals surface area contributed by atoms with E-state index < -0.39 is 11.7 Å². The number of carbonyl (C=O) groups is 2. The van der Waals surface area contributed by atoms with Gasteiger partial charge >= 0.3 is 0 Å². The van der Waals surface area contributed by atoms with E-state index in [1.165, 1.54) is 17.0 Å². The van der Waals surface area contributed by atoms with E-state index in [1.807, 2.05) is 49.9 Å². The maximum Gasteiger partial charge on any atom is 0.282 e. The van der Waals surface area contributed by atoms with E-state index in [-0.39, 0.29) is 5.91 Å². The van der Waals surface area contributed by atoms with Gasteiger partial charge in [-0.05, 0) is 74.2 Å². The first-order valence-electron chi connectivity index (χ1n) is 11.0. The maximum atomic E-state index is 13.7. The zero-order valence-electron chi connectivity index (χ0n) is 19.0. The molecule has 4 rings (SSSR count). The summed E-state index contributed by atoms with van der Waals surface area (Å²) in [5.41, 5.74) is 4.73. The van der Waals surface area contributed by atoms with Crippen molar-refractivity contribution in [3.8, 4) is 0 Å². The van der Waals surface area contributed by atoms with Gasteiger partial charge in [0.15, 0.2) is 0 Å². The van der Waals surface area contributed by atoms with E-state index >= 15 is 0 Å². The number of nitrogens with zero attached hydrogens (tertiary/aromatic N) is 3. The summed E-state index contributed by atoms with van der Waals surface area (Å²) >= 11 is 0. The smallest absolute Gasteiger partial charge is 0.282 e. The molecule has 2 heterocycles. The van der Waals surface area contributed by atoms with Crippen molar-refractivity contribution in [2.24, 2.45) is 0 Å². The lowest BCUT2D eigenvalue weighted by atomic mass is 10.0. The number of hydrogen-bond acceptors (Lipinski definition) is 4. The molecule has 168 valence electrons. The molecular weight excluding hydrogens is 417 g/mol. The molecule has 1 aromatic heterocycles. The Labute approximate surface area is 193 Å². The Morgan fingerprint density at radius 2 is 1.64 bits per heavy atom. The van der Waals surface area contributed by atoms with Gasteiger partial charge < -0.3 is 4.90 Å². The minimum absolute atomic E-state index is 0.302. The lowest BCUT2D eigenvalue weighted by Gasteiger charge is -2.25. The molecule has 0 N–H and O–H groups in total. The van der Waals surface area contributed by atoms with Crippen LogP contribution in [0, 0.1) is 19.7 Å². The third-order valence-electron chi connectivity index (χ3n) is 5.90. The minimum Gasteiger partial charge on any atom is -0.366 e. The molecule has 0 fully saturated rings. The molecule has 2 amide bonds. The largest absolute Gasteiger partial charge is 0.366 e. The Kier molecular flexibility index (Phi) is 6.36. The number of likely N-dealkylation sites (N-methyl/N-ethyl adjacent to an activating group) is 1. The van der Waals surface area contributed by atoms with Crippen molar-refractivity contribution in [3.05, 3.63) is 101 Å². The predicted molar refractivity (Wildman–Crippen MR) is 127 cm³/mol. The number of hydrogen-bond donors (Lipinski definition) is 0. The highest BCUT2D eigenvalue weighted by Gasteiger charge is 2.42. The lowest BCUT2D eigenvalue weighted by molar-refractivity contribution is -0.120. The topological polar surface area (TPSA) is 53.5 Å². The van der Waals surface area contributed by atoms with Crippen molar-refractivity contribution in [1.82, 2.24) is 9.88 Å². The van der Waals surface area contributed by atoms with E-state index in [1.54, 1.807) is 30.6 Å². The number of aryl methyl sites for hydroxylation is 2. The fourth-order valence-electron chi connectivity index (χ4n) is 4.20. The Morgan fingerprint density at radius 1 is 0.939 bits per heavy atom. The second-order valence-corrected chi connectivity index (χ2v) is 8.15. The van der Waals surface area contributed by atoms with Gasteiger partial charge in [-0.1, -0.05) is 29.8 Å². The summed E-state index contributed by atoms with van der Waals surface area (Å²) in [6.07, 6.45) is 4.17. The molecule has 1 aliphatic rings. The number of imide groups is 1. The van der Waals surface area contributed by atoms with Crippen LogP contribution in [0.1, 0.15) is 29.2 Å². The molecule has 0 unspecified atom stereocenters. The van der Waals surface area contributed by atoms with Gasteiger partial charge in [0.05, 0.1) is 11.3 Å². The minimum atomic E-state index is -0.394. The molecule has 0 aliphatic carbocycles. The molecular formula is C27H26FN3O2. The fraction of sp³-hybridized carbons (Fsp3) is 0.222. The lowest BCUT2D eigenvalue weighted by Crippen LogP contribution is -2.36. The van der Waals surface area contributed by atoms with Crippen LogP contribution >= 0.6 is 0 Å². The zero-order chi connectivity index (χ0) is 23.5. The highest BCUT2D eigenvalue weighted by molar-refractivity contribution is 6.45. The Balaban J connectivity index is 1.78. The number of rotatable bonds is 7. The van der Waals surface area contributed by atoms with E-state index in [0.29, 0.717) is 42.0 Å². The summed E-state index contributed by atoms with van der Waals surface area (Å²) in [6, 6.07) is 15.2. The van der Waals surface area contributed by atoms with Gasteiger partial charge in [0.2, 0.25) is 0 Å². The normalized spacial score (nSPS) is 13.8. The van der Waals surface area contributed by atoms with Crippen molar-refractivity contribution >= 4 is 23.1 Å². The van der Waals surface area contributed by atoms with Crippen LogP contribution in [-0.4, -0.2) is 34.8 Å². The third kappa shape index (κ3) is 4.42. The number of benzene rings is 2. The number of anilines is 1. The van der Waals surface area contributed by atoms with E-state index in [0.717, 1.165) is 16.7 Å². The average molecular weight is 444 g/mol. The van der Waals surface area contributed by atoms with E-state index in [4.69, 9.17) is 0 Å². The molecule has 33 heavy (non-hydrogen) atoms. The van der Waals surface area contributed by atoms with Gasteiger partial charge in [-0.25, -0.2) is 9.29 Å². The quantitative estimate of drug-likeness (QED) is 0.498. The monoisotopic (exact) mass is 443 g/mol. The van der Waals surface area contributed by atoms with Crippen LogP contribution in [0.15, 0.2) is 72.7 Å². The summed E-state index contributed by atoms with van der Waals surface area (Å²) in [4.78, 5) is 34.6. The molecule has 2 aromatic carbocycles. The molecule has 0 saturated carbocycles. The molecule has 0 radical (unpaired) electrons. The molecule has 0 atom stereocenters. The first kappa shape index (κ1) is 22.4. The van der Waals surface area contributed by atoms with Gasteiger partial charge in [0, 0.05) is 25.5 Å². The molecule has 5 nitrogen and oxygen atoms in total. The summed E-state index contributed by atoms with van der Waals surface area (Å²) in [7, 11) is 0. The predicted octanol–water partition coefficient (Wildman–Crippen LogP) is 4.69. The Morgan fingerprint density at radius 3 is 2.27 bits per heavy atom. The van der Waals surface area contributed by atoms with Crippen LogP contribution in [0.3, 0.4) is 0 Å². The van der Waals surface area contributed by atoms with Crippen molar-refractivity contribution in [2.45, 2.75) is 27.2 Å². The van der Waals surface area contributed by atoms with Crippen LogP contribution < -0.4 is 4.90 Å². The highest BCUT2D eigenvalue weighted by atomic mass is 19.1. The second-order valence-electron chi connectivity index (χ2n) is 8.15. The van der Waals surface area contributed by atoms with Crippen LogP contribution in [0.25, 0.3) is 5.57 Å². The first-order valence-corrected chi connectivity index (χ1v) is 11.0. The summed E-state index contributed by atoms with van der Waals surface area (Å²) < 4.78 is 13.6. The Bertz CT molecular complexity index is 1220. The van der Waals surface area contributed by atoms with E-state index in [2.05, 4.69) is 4.98 Å². The van der Waals surface area contributed by atoms with Gasteiger partial charge in [0.1, 0.15) is 11.5 Å². The third-order valence-corrected chi connectivity index (χ3v) is 5.90. The van der Waals surface area contributed by atoms with Crippen molar-refractivity contribution in [3.63, 3.8) is 0 Å². The number of halogens is 1. The maximum absolute atomic E-state index is 13.7. The number of carbonyl (C=O) groups excluding carboxylic acids is 2. The fourth-order valence-corrected chi connectivity index (χ4v) is 4.20. The van der Waals surface area contributed by atoms with Gasteiger partial charge in [0.25, 0.3) is 11.8 Å². The molecule has 0 bridgehead atoms.